The van der Waals surface area contributed by atoms with E-state index in [4.69, 9.17) is 0 Å². The first-order chi connectivity index (χ1) is 10.3. The number of rotatable bonds is 4. The molecule has 0 spiro atoms. The molecule has 1 aliphatic carbocycles. The number of hydrogen-bond donors (Lipinski definition) is 1. The van der Waals surface area contributed by atoms with Crippen LogP contribution >= 0.6 is 0 Å². The molecular formula is C18H26N2O. The van der Waals surface area contributed by atoms with Crippen LogP contribution in [-0.4, -0.2) is 29.9 Å². The average molecular weight is 286 g/mol. The lowest BCUT2D eigenvalue weighted by atomic mass is 10.0. The van der Waals surface area contributed by atoms with Crippen LogP contribution in [0.2, 0.25) is 0 Å². The van der Waals surface area contributed by atoms with Crippen molar-refractivity contribution in [1.82, 2.24) is 10.2 Å². The van der Waals surface area contributed by atoms with E-state index in [1.807, 2.05) is 18.2 Å². The zero-order valence-electron chi connectivity index (χ0n) is 12.8. The fourth-order valence-corrected chi connectivity index (χ4v) is 3.69. The SMILES string of the molecule is O=C(NC1CCCC1)C(c1ccccc1)N1CCCCC1. The Morgan fingerprint density at radius 3 is 2.33 bits per heavy atom. The van der Waals surface area contributed by atoms with Crippen molar-refractivity contribution >= 4 is 5.91 Å². The molecule has 0 bridgehead atoms. The Morgan fingerprint density at radius 2 is 1.67 bits per heavy atom. The second-order valence-electron chi connectivity index (χ2n) is 6.40. The summed E-state index contributed by atoms with van der Waals surface area (Å²) >= 11 is 0. The third-order valence-electron chi connectivity index (χ3n) is 4.82. The molecule has 3 rings (SSSR count). The molecule has 1 aromatic carbocycles. The number of likely N-dealkylation sites (tertiary alicyclic amines) is 1. The van der Waals surface area contributed by atoms with Crippen molar-refractivity contribution in [2.45, 2.75) is 57.0 Å². The minimum atomic E-state index is -0.105. The van der Waals surface area contributed by atoms with Gasteiger partial charge in [-0.15, -0.1) is 0 Å². The standard InChI is InChI=1S/C18H26N2O/c21-18(19-16-11-5-6-12-16)17(15-9-3-1-4-10-15)20-13-7-2-8-14-20/h1,3-4,9-10,16-17H,2,5-8,11-14H2,(H,19,21). The molecule has 1 aromatic rings. The van der Waals surface area contributed by atoms with Crippen LogP contribution in [0.4, 0.5) is 0 Å². The second-order valence-corrected chi connectivity index (χ2v) is 6.40. The third-order valence-corrected chi connectivity index (χ3v) is 4.82. The fraction of sp³-hybridized carbons (Fsp3) is 0.611. The Balaban J connectivity index is 1.75. The van der Waals surface area contributed by atoms with E-state index in [0.29, 0.717) is 6.04 Å². The molecule has 2 fully saturated rings. The Labute approximate surface area is 127 Å². The van der Waals surface area contributed by atoms with Gasteiger partial charge < -0.3 is 5.32 Å². The zero-order chi connectivity index (χ0) is 14.5. The van der Waals surface area contributed by atoms with E-state index >= 15 is 0 Å². The third kappa shape index (κ3) is 3.65. The number of benzene rings is 1. The molecule has 3 nitrogen and oxygen atoms in total. The van der Waals surface area contributed by atoms with Crippen LogP contribution in [0.15, 0.2) is 30.3 Å². The van der Waals surface area contributed by atoms with Gasteiger partial charge in [0, 0.05) is 6.04 Å². The lowest BCUT2D eigenvalue weighted by Gasteiger charge is -2.34. The fourth-order valence-electron chi connectivity index (χ4n) is 3.69. The lowest BCUT2D eigenvalue weighted by Crippen LogP contribution is -2.45. The van der Waals surface area contributed by atoms with Crippen LogP contribution in [-0.2, 0) is 4.79 Å². The van der Waals surface area contributed by atoms with Crippen LogP contribution in [0, 0.1) is 0 Å². The van der Waals surface area contributed by atoms with Gasteiger partial charge in [0.25, 0.3) is 0 Å². The Bertz CT molecular complexity index is 448. The van der Waals surface area contributed by atoms with Gasteiger partial charge >= 0.3 is 0 Å². The predicted molar refractivity (Wildman–Crippen MR) is 85.0 cm³/mol. The monoisotopic (exact) mass is 286 g/mol. The molecule has 1 aliphatic heterocycles. The number of piperidine rings is 1. The Morgan fingerprint density at radius 1 is 1.00 bits per heavy atom. The molecule has 1 atom stereocenters. The van der Waals surface area contributed by atoms with Crippen molar-refractivity contribution in [3.63, 3.8) is 0 Å². The van der Waals surface area contributed by atoms with E-state index in [9.17, 15) is 4.79 Å². The van der Waals surface area contributed by atoms with Crippen molar-refractivity contribution in [1.29, 1.82) is 0 Å². The molecule has 1 heterocycles. The molecule has 1 saturated heterocycles. The van der Waals surface area contributed by atoms with Gasteiger partial charge in [-0.05, 0) is 44.3 Å². The van der Waals surface area contributed by atoms with E-state index in [1.165, 1.54) is 32.1 Å². The molecule has 1 amide bonds. The van der Waals surface area contributed by atoms with Crippen LogP contribution in [0.1, 0.15) is 56.6 Å². The molecule has 0 radical (unpaired) electrons. The Hall–Kier alpha value is -1.35. The minimum absolute atomic E-state index is 0.105. The van der Waals surface area contributed by atoms with Gasteiger partial charge in [-0.1, -0.05) is 49.6 Å². The predicted octanol–water partition coefficient (Wildman–Crippen LogP) is 3.27. The molecule has 21 heavy (non-hydrogen) atoms. The summed E-state index contributed by atoms with van der Waals surface area (Å²) in [5.41, 5.74) is 1.13. The summed E-state index contributed by atoms with van der Waals surface area (Å²) in [7, 11) is 0. The first-order valence-corrected chi connectivity index (χ1v) is 8.44. The summed E-state index contributed by atoms with van der Waals surface area (Å²) in [5.74, 6) is 0.204. The maximum absolute atomic E-state index is 12.8. The van der Waals surface area contributed by atoms with Crippen molar-refractivity contribution in [2.75, 3.05) is 13.1 Å². The molecule has 0 aromatic heterocycles. The molecule has 1 saturated carbocycles. The van der Waals surface area contributed by atoms with E-state index in [0.717, 1.165) is 31.5 Å². The summed E-state index contributed by atoms with van der Waals surface area (Å²) in [5, 5.41) is 3.29. The van der Waals surface area contributed by atoms with Gasteiger partial charge in [-0.2, -0.15) is 0 Å². The number of hydrogen-bond acceptors (Lipinski definition) is 2. The maximum Gasteiger partial charge on any atom is 0.242 e. The lowest BCUT2D eigenvalue weighted by molar-refractivity contribution is -0.127. The summed E-state index contributed by atoms with van der Waals surface area (Å²) in [6.45, 7) is 2.08. The number of nitrogens with zero attached hydrogens (tertiary/aromatic N) is 1. The summed E-state index contributed by atoms with van der Waals surface area (Å²) < 4.78 is 0. The molecule has 2 aliphatic rings. The van der Waals surface area contributed by atoms with Crippen molar-refractivity contribution in [3.05, 3.63) is 35.9 Å². The van der Waals surface area contributed by atoms with E-state index in [-0.39, 0.29) is 11.9 Å². The number of amides is 1. The minimum Gasteiger partial charge on any atom is -0.352 e. The Kier molecular flexibility index (Phi) is 4.91. The highest BCUT2D eigenvalue weighted by Crippen LogP contribution is 2.26. The highest BCUT2D eigenvalue weighted by atomic mass is 16.2. The quantitative estimate of drug-likeness (QED) is 0.921. The van der Waals surface area contributed by atoms with Crippen molar-refractivity contribution in [2.24, 2.45) is 0 Å². The smallest absolute Gasteiger partial charge is 0.242 e. The topological polar surface area (TPSA) is 32.3 Å². The van der Waals surface area contributed by atoms with Gasteiger partial charge in [0.05, 0.1) is 0 Å². The van der Waals surface area contributed by atoms with Crippen LogP contribution in [0.3, 0.4) is 0 Å². The van der Waals surface area contributed by atoms with E-state index in [2.05, 4.69) is 22.3 Å². The molecule has 1 N–H and O–H groups in total. The van der Waals surface area contributed by atoms with Crippen molar-refractivity contribution < 1.29 is 4.79 Å². The highest BCUT2D eigenvalue weighted by Gasteiger charge is 2.30. The first-order valence-electron chi connectivity index (χ1n) is 8.44. The maximum atomic E-state index is 12.8. The van der Waals surface area contributed by atoms with Crippen LogP contribution in [0.25, 0.3) is 0 Å². The summed E-state index contributed by atoms with van der Waals surface area (Å²) in [4.78, 5) is 15.2. The summed E-state index contributed by atoms with van der Waals surface area (Å²) in [6.07, 6.45) is 8.51. The van der Waals surface area contributed by atoms with Crippen LogP contribution in [0.5, 0.6) is 0 Å². The largest absolute Gasteiger partial charge is 0.352 e. The van der Waals surface area contributed by atoms with E-state index in [1.54, 1.807) is 0 Å². The van der Waals surface area contributed by atoms with Gasteiger partial charge in [-0.3, -0.25) is 9.69 Å². The van der Waals surface area contributed by atoms with E-state index < -0.39 is 0 Å². The molecule has 114 valence electrons. The number of carbonyl (C=O) groups excluding carboxylic acids is 1. The molecule has 3 heteroatoms. The molecule has 1 unspecified atom stereocenters. The normalized spacial score (nSPS) is 22.1. The summed E-state index contributed by atoms with van der Waals surface area (Å²) in [6, 6.07) is 10.6. The zero-order valence-corrected chi connectivity index (χ0v) is 12.8. The average Bonchev–Trinajstić information content (AvgIpc) is 3.02. The van der Waals surface area contributed by atoms with Gasteiger partial charge in [-0.25, -0.2) is 0 Å². The highest BCUT2D eigenvalue weighted by molar-refractivity contribution is 5.83. The first kappa shape index (κ1) is 14.6. The van der Waals surface area contributed by atoms with Crippen molar-refractivity contribution in [3.8, 4) is 0 Å². The second kappa shape index (κ2) is 7.08. The molecular weight excluding hydrogens is 260 g/mol. The van der Waals surface area contributed by atoms with Gasteiger partial charge in [0.15, 0.2) is 0 Å². The van der Waals surface area contributed by atoms with Gasteiger partial charge in [0.2, 0.25) is 5.91 Å². The number of nitrogens with one attached hydrogen (secondary N) is 1. The van der Waals surface area contributed by atoms with Gasteiger partial charge in [0.1, 0.15) is 6.04 Å². The number of carbonyl (C=O) groups is 1. The van der Waals surface area contributed by atoms with Crippen LogP contribution < -0.4 is 5.32 Å².